The topological polar surface area (TPSA) is 101 Å². The summed E-state index contributed by atoms with van der Waals surface area (Å²) in [5, 5.41) is 11.9. The van der Waals surface area contributed by atoms with E-state index < -0.39 is 23.2 Å². The number of carbonyl (C=O) groups excluding carboxylic acids is 2. The number of imidazole rings is 1. The summed E-state index contributed by atoms with van der Waals surface area (Å²) >= 11 is 0. The molecule has 1 saturated carbocycles. The predicted molar refractivity (Wildman–Crippen MR) is 90.1 cm³/mol. The molecule has 1 aromatic heterocycles. The molecule has 25 heavy (non-hydrogen) atoms. The van der Waals surface area contributed by atoms with E-state index in [4.69, 9.17) is 5.11 Å². The van der Waals surface area contributed by atoms with E-state index in [1.54, 1.807) is 62.1 Å². The van der Waals surface area contributed by atoms with E-state index in [1.807, 2.05) is 0 Å². The first-order valence-corrected chi connectivity index (χ1v) is 7.89. The van der Waals surface area contributed by atoms with Crippen LogP contribution in [0.3, 0.4) is 0 Å². The SMILES string of the molecule is Cn1ccnc1C(=O)c1ccc(NC(=O)[C@H]2[C@@H](C(=O)O)C2(C)C)cc1. The number of aromatic nitrogens is 2. The second-order valence-electron chi connectivity index (χ2n) is 6.87. The minimum absolute atomic E-state index is 0.209. The lowest BCUT2D eigenvalue weighted by Gasteiger charge is -2.07. The number of benzene rings is 1. The summed E-state index contributed by atoms with van der Waals surface area (Å²) in [6, 6.07) is 6.47. The van der Waals surface area contributed by atoms with Crippen LogP contribution in [0, 0.1) is 17.3 Å². The van der Waals surface area contributed by atoms with Crippen LogP contribution in [0.5, 0.6) is 0 Å². The summed E-state index contributed by atoms with van der Waals surface area (Å²) in [6.07, 6.45) is 3.25. The standard InChI is InChI=1S/C18H19N3O4/c1-18(2)12(13(18)17(24)25)16(23)20-11-6-4-10(5-7-11)14(22)15-19-8-9-21(15)3/h4-9,12-13H,1-3H3,(H,20,23)(H,24,25)/t12-,13+/m1/s1. The quantitative estimate of drug-likeness (QED) is 0.810. The molecular formula is C18H19N3O4. The zero-order valence-corrected chi connectivity index (χ0v) is 14.2. The number of nitrogens with zero attached hydrogens (tertiary/aromatic N) is 2. The van der Waals surface area contributed by atoms with E-state index in [9.17, 15) is 14.4 Å². The van der Waals surface area contributed by atoms with Crippen molar-refractivity contribution in [2.45, 2.75) is 13.8 Å². The molecule has 1 aliphatic carbocycles. The van der Waals surface area contributed by atoms with Gasteiger partial charge in [0, 0.05) is 30.7 Å². The van der Waals surface area contributed by atoms with Crippen LogP contribution in [-0.2, 0) is 16.6 Å². The van der Waals surface area contributed by atoms with Gasteiger partial charge in [0.25, 0.3) is 0 Å². The average Bonchev–Trinajstić information content (AvgIpc) is 2.90. The van der Waals surface area contributed by atoms with Crippen LogP contribution in [-0.4, -0.2) is 32.3 Å². The Kier molecular flexibility index (Phi) is 3.94. The van der Waals surface area contributed by atoms with Crippen molar-refractivity contribution in [2.24, 2.45) is 24.3 Å². The number of ketones is 1. The van der Waals surface area contributed by atoms with Crippen molar-refractivity contribution in [3.63, 3.8) is 0 Å². The van der Waals surface area contributed by atoms with Gasteiger partial charge in [-0.05, 0) is 29.7 Å². The Morgan fingerprint density at radius 1 is 1.16 bits per heavy atom. The van der Waals surface area contributed by atoms with Gasteiger partial charge in [0.05, 0.1) is 11.8 Å². The minimum atomic E-state index is -0.957. The molecule has 2 aromatic rings. The Balaban J connectivity index is 1.70. The normalized spacial score (nSPS) is 20.8. The first-order chi connectivity index (χ1) is 11.7. The number of hydrogen-bond donors (Lipinski definition) is 2. The third-order valence-electron chi connectivity index (χ3n) is 4.81. The lowest BCUT2D eigenvalue weighted by molar-refractivity contribution is -0.140. The van der Waals surface area contributed by atoms with Gasteiger partial charge in [-0.3, -0.25) is 14.4 Å². The maximum absolute atomic E-state index is 12.3. The van der Waals surface area contributed by atoms with E-state index in [-0.39, 0.29) is 11.7 Å². The highest BCUT2D eigenvalue weighted by Crippen LogP contribution is 2.58. The lowest BCUT2D eigenvalue weighted by Crippen LogP contribution is -2.17. The monoisotopic (exact) mass is 341 g/mol. The fraction of sp³-hybridized carbons (Fsp3) is 0.333. The second-order valence-corrected chi connectivity index (χ2v) is 6.87. The minimum Gasteiger partial charge on any atom is -0.481 e. The van der Waals surface area contributed by atoms with E-state index in [1.165, 1.54) is 0 Å². The van der Waals surface area contributed by atoms with Gasteiger partial charge in [-0.15, -0.1) is 0 Å². The summed E-state index contributed by atoms with van der Waals surface area (Å²) in [5.41, 5.74) is 0.431. The molecule has 3 rings (SSSR count). The van der Waals surface area contributed by atoms with Crippen LogP contribution in [0.2, 0.25) is 0 Å². The van der Waals surface area contributed by atoms with Crippen LogP contribution in [0.15, 0.2) is 36.7 Å². The van der Waals surface area contributed by atoms with Crippen LogP contribution >= 0.6 is 0 Å². The van der Waals surface area contributed by atoms with E-state index in [2.05, 4.69) is 10.3 Å². The molecule has 1 aromatic carbocycles. The van der Waals surface area contributed by atoms with Gasteiger partial charge in [-0.2, -0.15) is 0 Å². The molecule has 2 N–H and O–H groups in total. The molecule has 0 radical (unpaired) electrons. The van der Waals surface area contributed by atoms with Crippen LogP contribution in [0.1, 0.15) is 30.0 Å². The third-order valence-corrected chi connectivity index (χ3v) is 4.81. The van der Waals surface area contributed by atoms with Crippen molar-refractivity contribution in [1.29, 1.82) is 0 Å². The number of aliphatic carboxylic acids is 1. The van der Waals surface area contributed by atoms with Gasteiger partial charge in [0.15, 0.2) is 5.82 Å². The van der Waals surface area contributed by atoms with Gasteiger partial charge in [0.2, 0.25) is 11.7 Å². The molecule has 1 fully saturated rings. The summed E-state index contributed by atoms with van der Waals surface area (Å²) in [4.78, 5) is 39.8. The predicted octanol–water partition coefficient (Wildman–Crippen LogP) is 1.95. The molecule has 130 valence electrons. The first kappa shape index (κ1) is 16.9. The van der Waals surface area contributed by atoms with Crippen molar-refractivity contribution in [1.82, 2.24) is 9.55 Å². The number of carbonyl (C=O) groups is 3. The molecule has 0 unspecified atom stereocenters. The first-order valence-electron chi connectivity index (χ1n) is 7.89. The fourth-order valence-electron chi connectivity index (χ4n) is 3.23. The van der Waals surface area contributed by atoms with E-state index in [0.29, 0.717) is 17.1 Å². The highest BCUT2D eigenvalue weighted by atomic mass is 16.4. The number of hydrogen-bond acceptors (Lipinski definition) is 4. The molecule has 0 spiro atoms. The highest BCUT2D eigenvalue weighted by Gasteiger charge is 2.65. The molecule has 1 aliphatic rings. The van der Waals surface area contributed by atoms with E-state index in [0.717, 1.165) is 0 Å². The Labute approximate surface area is 144 Å². The van der Waals surface area contributed by atoms with Gasteiger partial charge < -0.3 is 15.0 Å². The van der Waals surface area contributed by atoms with Crippen molar-refractivity contribution >= 4 is 23.3 Å². The van der Waals surface area contributed by atoms with Gasteiger partial charge in [-0.1, -0.05) is 13.8 Å². The molecule has 7 nitrogen and oxygen atoms in total. The van der Waals surface area contributed by atoms with Crippen molar-refractivity contribution in [3.05, 3.63) is 48.0 Å². The number of carboxylic acid groups (broad SMARTS) is 1. The fourth-order valence-corrected chi connectivity index (χ4v) is 3.23. The van der Waals surface area contributed by atoms with Crippen molar-refractivity contribution in [2.75, 3.05) is 5.32 Å². The maximum atomic E-state index is 12.3. The van der Waals surface area contributed by atoms with Crippen LogP contribution < -0.4 is 5.32 Å². The third kappa shape index (κ3) is 2.93. The van der Waals surface area contributed by atoms with Crippen molar-refractivity contribution in [3.8, 4) is 0 Å². The molecule has 0 saturated heterocycles. The zero-order chi connectivity index (χ0) is 18.4. The largest absolute Gasteiger partial charge is 0.481 e. The second kappa shape index (κ2) is 5.84. The zero-order valence-electron chi connectivity index (χ0n) is 14.2. The van der Waals surface area contributed by atoms with Crippen LogP contribution in [0.25, 0.3) is 0 Å². The average molecular weight is 341 g/mol. The number of carboxylic acids is 1. The number of nitrogens with one attached hydrogen (secondary N) is 1. The smallest absolute Gasteiger partial charge is 0.307 e. The molecule has 1 heterocycles. The molecule has 1 amide bonds. The summed E-state index contributed by atoms with van der Waals surface area (Å²) in [5.74, 6) is -2.38. The summed E-state index contributed by atoms with van der Waals surface area (Å²) in [7, 11) is 1.74. The summed E-state index contributed by atoms with van der Waals surface area (Å²) in [6.45, 7) is 3.54. The Morgan fingerprint density at radius 3 is 2.28 bits per heavy atom. The van der Waals surface area contributed by atoms with Crippen LogP contribution in [0.4, 0.5) is 5.69 Å². The molecule has 0 aliphatic heterocycles. The van der Waals surface area contributed by atoms with E-state index >= 15 is 0 Å². The molecule has 0 bridgehead atoms. The highest BCUT2D eigenvalue weighted by molar-refractivity contribution is 6.07. The molecule has 2 atom stereocenters. The molecular weight excluding hydrogens is 322 g/mol. The summed E-state index contributed by atoms with van der Waals surface area (Å²) < 4.78 is 1.64. The lowest BCUT2D eigenvalue weighted by atomic mass is 10.1. The van der Waals surface area contributed by atoms with Crippen molar-refractivity contribution < 1.29 is 19.5 Å². The Morgan fingerprint density at radius 2 is 1.80 bits per heavy atom. The Hall–Kier alpha value is -2.96. The van der Waals surface area contributed by atoms with Gasteiger partial charge in [-0.25, -0.2) is 4.98 Å². The Bertz CT molecular complexity index is 851. The number of anilines is 1. The van der Waals surface area contributed by atoms with Gasteiger partial charge in [0.1, 0.15) is 0 Å². The molecule has 7 heteroatoms. The maximum Gasteiger partial charge on any atom is 0.307 e. The van der Waals surface area contributed by atoms with Gasteiger partial charge >= 0.3 is 5.97 Å². The number of rotatable bonds is 5. The number of amides is 1. The number of aryl methyl sites for hydroxylation is 1.